The van der Waals surface area contributed by atoms with Gasteiger partial charge < -0.3 is 10.6 Å². The number of benzene rings is 1. The highest BCUT2D eigenvalue weighted by Gasteiger charge is 2.33. The van der Waals surface area contributed by atoms with Crippen molar-refractivity contribution in [1.29, 1.82) is 0 Å². The minimum absolute atomic E-state index is 0.206. The highest BCUT2D eigenvalue weighted by molar-refractivity contribution is 7.91. The minimum atomic E-state index is -3.54. The number of carbonyl (C=O) groups is 2. The predicted octanol–water partition coefficient (Wildman–Crippen LogP) is 2.30. The Morgan fingerprint density at radius 1 is 1.06 bits per heavy atom. The molecule has 2 N–H and O–H groups in total. The standard InChI is InChI=1S/C21H26FN3O4S2/c22-17-8-6-16(7-9-17)10-12-23-20(26)21(27)24-13-11-18-4-1-2-14-25(18)31(28,29)19-5-3-15-30-19/h3,5-9,15,18H,1-2,4,10-14H2,(H,23,26)(H,24,27). The highest BCUT2D eigenvalue weighted by atomic mass is 32.2. The van der Waals surface area contributed by atoms with Crippen LogP contribution in [-0.2, 0) is 26.0 Å². The first kappa shape index (κ1) is 23.4. The first-order chi connectivity index (χ1) is 14.9. The van der Waals surface area contributed by atoms with Crippen molar-refractivity contribution in [1.82, 2.24) is 14.9 Å². The summed E-state index contributed by atoms with van der Waals surface area (Å²) in [6.07, 6.45) is 3.39. The number of hydrogen-bond acceptors (Lipinski definition) is 5. The first-order valence-electron chi connectivity index (χ1n) is 10.2. The zero-order valence-electron chi connectivity index (χ0n) is 17.1. The highest BCUT2D eigenvalue weighted by Crippen LogP contribution is 2.28. The molecule has 1 fully saturated rings. The molecule has 1 aliphatic rings. The summed E-state index contributed by atoms with van der Waals surface area (Å²) < 4.78 is 40.5. The van der Waals surface area contributed by atoms with Gasteiger partial charge in [-0.3, -0.25) is 9.59 Å². The Balaban J connectivity index is 1.44. The normalized spacial score (nSPS) is 17.3. The molecule has 31 heavy (non-hydrogen) atoms. The summed E-state index contributed by atoms with van der Waals surface area (Å²) in [4.78, 5) is 24.0. The molecule has 0 aliphatic carbocycles. The van der Waals surface area contributed by atoms with Crippen molar-refractivity contribution in [3.8, 4) is 0 Å². The molecule has 2 amide bonds. The van der Waals surface area contributed by atoms with Crippen molar-refractivity contribution in [3.63, 3.8) is 0 Å². The molecule has 0 bridgehead atoms. The molecule has 3 rings (SSSR count). The largest absolute Gasteiger partial charge is 0.348 e. The second kappa shape index (κ2) is 10.8. The zero-order valence-corrected chi connectivity index (χ0v) is 18.7. The summed E-state index contributed by atoms with van der Waals surface area (Å²) in [5.74, 6) is -1.82. The Hall–Kier alpha value is -2.30. The van der Waals surface area contributed by atoms with E-state index in [9.17, 15) is 22.4 Å². The monoisotopic (exact) mass is 467 g/mol. The molecular formula is C21H26FN3O4S2. The second-order valence-corrected chi connectivity index (χ2v) is 10.4. The van der Waals surface area contributed by atoms with E-state index in [4.69, 9.17) is 0 Å². The van der Waals surface area contributed by atoms with Gasteiger partial charge in [-0.15, -0.1) is 11.3 Å². The van der Waals surface area contributed by atoms with Crippen LogP contribution in [0.15, 0.2) is 46.0 Å². The fraction of sp³-hybridized carbons (Fsp3) is 0.429. The van der Waals surface area contributed by atoms with Gasteiger partial charge in [0.15, 0.2) is 0 Å². The summed E-state index contributed by atoms with van der Waals surface area (Å²) in [6.45, 7) is 0.932. The first-order valence-corrected chi connectivity index (χ1v) is 12.6. The van der Waals surface area contributed by atoms with Crippen LogP contribution in [0.25, 0.3) is 0 Å². The minimum Gasteiger partial charge on any atom is -0.348 e. The summed E-state index contributed by atoms with van der Waals surface area (Å²) in [5, 5.41) is 6.85. The van der Waals surface area contributed by atoms with Crippen molar-refractivity contribution < 1.29 is 22.4 Å². The van der Waals surface area contributed by atoms with E-state index >= 15 is 0 Å². The SMILES string of the molecule is O=C(NCCc1ccc(F)cc1)C(=O)NCCC1CCCCN1S(=O)(=O)c1cccs1. The van der Waals surface area contributed by atoms with Crippen LogP contribution in [0.3, 0.4) is 0 Å². The van der Waals surface area contributed by atoms with Crippen LogP contribution < -0.4 is 10.6 Å². The van der Waals surface area contributed by atoms with Gasteiger partial charge in [-0.25, -0.2) is 12.8 Å². The van der Waals surface area contributed by atoms with Crippen molar-refractivity contribution >= 4 is 33.2 Å². The topological polar surface area (TPSA) is 95.6 Å². The third-order valence-corrected chi connectivity index (χ3v) is 8.54. The third-order valence-electron chi connectivity index (χ3n) is 5.21. The van der Waals surface area contributed by atoms with Crippen LogP contribution in [0.2, 0.25) is 0 Å². The molecule has 2 heterocycles. The van der Waals surface area contributed by atoms with E-state index in [0.717, 1.165) is 24.8 Å². The van der Waals surface area contributed by atoms with Crippen LogP contribution in [0.1, 0.15) is 31.2 Å². The number of carbonyl (C=O) groups excluding carboxylic acids is 2. The smallest absolute Gasteiger partial charge is 0.309 e. The number of rotatable bonds is 8. The quantitative estimate of drug-likeness (QED) is 0.583. The van der Waals surface area contributed by atoms with Crippen molar-refractivity contribution in [2.75, 3.05) is 19.6 Å². The van der Waals surface area contributed by atoms with Crippen molar-refractivity contribution in [2.24, 2.45) is 0 Å². The summed E-state index contributed by atoms with van der Waals surface area (Å²) >= 11 is 1.19. The second-order valence-electron chi connectivity index (χ2n) is 7.37. The van der Waals surface area contributed by atoms with Gasteiger partial charge in [0.05, 0.1) is 0 Å². The predicted molar refractivity (Wildman–Crippen MR) is 117 cm³/mol. The van der Waals surface area contributed by atoms with Crippen LogP contribution in [0, 0.1) is 5.82 Å². The van der Waals surface area contributed by atoms with E-state index in [1.54, 1.807) is 29.6 Å². The number of nitrogens with zero attached hydrogens (tertiary/aromatic N) is 1. The molecular weight excluding hydrogens is 441 g/mol. The van der Waals surface area contributed by atoms with Gasteiger partial charge in [-0.05, 0) is 54.8 Å². The Labute approximate surface area is 185 Å². The fourth-order valence-corrected chi connectivity index (χ4v) is 6.43. The molecule has 10 heteroatoms. The summed E-state index contributed by atoms with van der Waals surface area (Å²) in [7, 11) is -3.54. The Bertz CT molecular complexity index is 979. The number of amides is 2. The number of thiophene rings is 1. The average Bonchev–Trinajstić information content (AvgIpc) is 3.31. The molecule has 0 saturated carbocycles. The molecule has 1 aliphatic heterocycles. The lowest BCUT2D eigenvalue weighted by atomic mass is 10.0. The maximum atomic E-state index is 12.9. The Morgan fingerprint density at radius 2 is 1.77 bits per heavy atom. The van der Waals surface area contributed by atoms with Crippen LogP contribution in [0.5, 0.6) is 0 Å². The average molecular weight is 468 g/mol. The van der Waals surface area contributed by atoms with Crippen LogP contribution in [0.4, 0.5) is 4.39 Å². The lowest BCUT2D eigenvalue weighted by Crippen LogP contribution is -2.46. The Morgan fingerprint density at radius 3 is 2.45 bits per heavy atom. The van der Waals surface area contributed by atoms with Gasteiger partial charge in [0, 0.05) is 25.7 Å². The van der Waals surface area contributed by atoms with Gasteiger partial charge in [-0.1, -0.05) is 24.6 Å². The van der Waals surface area contributed by atoms with E-state index < -0.39 is 21.8 Å². The van der Waals surface area contributed by atoms with Gasteiger partial charge >= 0.3 is 11.8 Å². The van der Waals surface area contributed by atoms with Gasteiger partial charge in [0.2, 0.25) is 0 Å². The number of nitrogens with one attached hydrogen (secondary N) is 2. The molecule has 7 nitrogen and oxygen atoms in total. The number of hydrogen-bond donors (Lipinski definition) is 2. The zero-order chi connectivity index (χ0) is 22.3. The number of piperidine rings is 1. The maximum absolute atomic E-state index is 12.9. The molecule has 0 radical (unpaired) electrons. The number of halogens is 1. The molecule has 2 aromatic rings. The molecule has 0 spiro atoms. The molecule has 1 aromatic heterocycles. The Kier molecular flexibility index (Phi) is 8.16. The molecule has 168 valence electrons. The van der Waals surface area contributed by atoms with Gasteiger partial charge in [0.1, 0.15) is 10.0 Å². The van der Waals surface area contributed by atoms with Crippen LogP contribution in [-0.4, -0.2) is 50.2 Å². The lowest BCUT2D eigenvalue weighted by molar-refractivity contribution is -0.139. The molecule has 1 atom stereocenters. The molecule has 1 unspecified atom stereocenters. The van der Waals surface area contributed by atoms with E-state index in [-0.39, 0.29) is 24.9 Å². The van der Waals surface area contributed by atoms with E-state index in [1.165, 1.54) is 27.8 Å². The molecule has 1 saturated heterocycles. The summed E-state index contributed by atoms with van der Waals surface area (Å²) in [6, 6.07) is 9.05. The van der Waals surface area contributed by atoms with Gasteiger partial charge in [0.25, 0.3) is 10.0 Å². The molecule has 1 aromatic carbocycles. The maximum Gasteiger partial charge on any atom is 0.309 e. The van der Waals surface area contributed by atoms with Crippen molar-refractivity contribution in [2.45, 2.75) is 42.4 Å². The van der Waals surface area contributed by atoms with E-state index in [1.807, 2.05) is 0 Å². The summed E-state index contributed by atoms with van der Waals surface area (Å²) in [5.41, 5.74) is 0.853. The fourth-order valence-electron chi connectivity index (χ4n) is 3.59. The van der Waals surface area contributed by atoms with E-state index in [0.29, 0.717) is 23.6 Å². The third kappa shape index (κ3) is 6.34. The van der Waals surface area contributed by atoms with Crippen LogP contribution >= 0.6 is 11.3 Å². The van der Waals surface area contributed by atoms with Gasteiger partial charge in [-0.2, -0.15) is 4.31 Å². The lowest BCUT2D eigenvalue weighted by Gasteiger charge is -2.34. The van der Waals surface area contributed by atoms with E-state index in [2.05, 4.69) is 10.6 Å². The van der Waals surface area contributed by atoms with Crippen molar-refractivity contribution in [3.05, 3.63) is 53.2 Å². The number of sulfonamides is 1.